The van der Waals surface area contributed by atoms with Crippen molar-refractivity contribution < 1.29 is 13.2 Å². The van der Waals surface area contributed by atoms with Crippen molar-refractivity contribution in [2.24, 2.45) is 21.6 Å². The maximum atomic E-state index is 12.9. The number of hydrogen-bond acceptors (Lipinski definition) is 2. The van der Waals surface area contributed by atoms with E-state index in [-0.39, 0.29) is 17.5 Å². The Morgan fingerprint density at radius 3 is 2.62 bits per heavy atom. The quantitative estimate of drug-likeness (QED) is 0.522. The normalized spacial score (nSPS) is 28.5. The number of nitrogens with zero attached hydrogens (tertiary/aromatic N) is 2. The predicted octanol–water partition coefficient (Wildman–Crippen LogP) is 6.91. The second-order valence-electron chi connectivity index (χ2n) is 8.01. The average molecular weight is 362 g/mol. The van der Waals surface area contributed by atoms with E-state index in [0.29, 0.717) is 17.9 Å². The zero-order valence-corrected chi connectivity index (χ0v) is 15.4. The molecule has 0 amide bonds. The fourth-order valence-electron chi connectivity index (χ4n) is 3.95. The first-order valence-corrected chi connectivity index (χ1v) is 9.09. The Morgan fingerprint density at radius 1 is 1.15 bits per heavy atom. The van der Waals surface area contributed by atoms with Crippen molar-refractivity contribution in [2.75, 3.05) is 0 Å². The van der Waals surface area contributed by atoms with Crippen molar-refractivity contribution in [3.8, 4) is 0 Å². The molecule has 0 fully saturated rings. The lowest BCUT2D eigenvalue weighted by atomic mass is 9.68. The summed E-state index contributed by atoms with van der Waals surface area (Å²) in [6.07, 6.45) is 5.13. The summed E-state index contributed by atoms with van der Waals surface area (Å²) >= 11 is 0. The van der Waals surface area contributed by atoms with Crippen LogP contribution < -0.4 is 0 Å². The van der Waals surface area contributed by atoms with Crippen LogP contribution in [0.4, 0.5) is 13.2 Å². The molecule has 5 heteroatoms. The second kappa shape index (κ2) is 7.01. The van der Waals surface area contributed by atoms with Gasteiger partial charge in [0.25, 0.3) is 0 Å². The van der Waals surface area contributed by atoms with Crippen LogP contribution in [0.25, 0.3) is 0 Å². The lowest BCUT2D eigenvalue weighted by Gasteiger charge is -2.36. The Hall–Kier alpha value is -1.91. The van der Waals surface area contributed by atoms with Gasteiger partial charge >= 0.3 is 6.18 Å². The number of azo groups is 1. The number of rotatable bonds is 3. The third-order valence-corrected chi connectivity index (χ3v) is 5.53. The molecule has 3 atom stereocenters. The number of halogens is 3. The van der Waals surface area contributed by atoms with Crippen LogP contribution in [0.1, 0.15) is 57.2 Å². The van der Waals surface area contributed by atoms with Gasteiger partial charge < -0.3 is 0 Å². The van der Waals surface area contributed by atoms with Gasteiger partial charge in [-0.3, -0.25) is 0 Å². The molecule has 2 aliphatic rings. The van der Waals surface area contributed by atoms with Crippen LogP contribution in [-0.2, 0) is 6.18 Å². The molecular weight excluding hydrogens is 337 g/mol. The Bertz CT molecular complexity index is 744. The van der Waals surface area contributed by atoms with Gasteiger partial charge in [-0.1, -0.05) is 49.8 Å². The van der Waals surface area contributed by atoms with E-state index in [9.17, 15) is 13.2 Å². The third kappa shape index (κ3) is 4.08. The Morgan fingerprint density at radius 2 is 1.92 bits per heavy atom. The summed E-state index contributed by atoms with van der Waals surface area (Å²) in [7, 11) is 0. The molecule has 140 valence electrons. The summed E-state index contributed by atoms with van der Waals surface area (Å²) in [6, 6.07) is 5.04. The van der Waals surface area contributed by atoms with Crippen LogP contribution in [0.2, 0.25) is 0 Å². The van der Waals surface area contributed by atoms with E-state index >= 15 is 0 Å². The monoisotopic (exact) mass is 362 g/mol. The summed E-state index contributed by atoms with van der Waals surface area (Å²) in [5.74, 6) is 0.374. The summed E-state index contributed by atoms with van der Waals surface area (Å²) in [5, 5.41) is 8.50. The molecule has 1 aromatic carbocycles. The molecule has 0 aromatic heterocycles. The van der Waals surface area contributed by atoms with Crippen LogP contribution in [0.3, 0.4) is 0 Å². The summed E-state index contributed by atoms with van der Waals surface area (Å²) < 4.78 is 38.7. The molecule has 0 bridgehead atoms. The van der Waals surface area contributed by atoms with Crippen molar-refractivity contribution >= 4 is 0 Å². The van der Waals surface area contributed by atoms with Gasteiger partial charge in [0, 0.05) is 12.3 Å². The van der Waals surface area contributed by atoms with Crippen LogP contribution in [0.15, 0.2) is 58.3 Å². The van der Waals surface area contributed by atoms with E-state index in [0.717, 1.165) is 18.9 Å². The van der Waals surface area contributed by atoms with Crippen molar-refractivity contribution in [3.63, 3.8) is 0 Å². The summed E-state index contributed by atoms with van der Waals surface area (Å²) in [6.45, 7) is 6.72. The minimum atomic E-state index is -4.33. The van der Waals surface area contributed by atoms with Crippen LogP contribution in [-0.4, -0.2) is 6.04 Å². The molecule has 1 aliphatic carbocycles. The fraction of sp³-hybridized carbons (Fsp3) is 0.524. The molecule has 0 saturated heterocycles. The molecule has 1 heterocycles. The number of alkyl halides is 3. The van der Waals surface area contributed by atoms with E-state index < -0.39 is 11.7 Å². The summed E-state index contributed by atoms with van der Waals surface area (Å²) in [4.78, 5) is 0. The summed E-state index contributed by atoms with van der Waals surface area (Å²) in [5.41, 5.74) is 1.54. The minimum absolute atomic E-state index is 0.0694. The highest BCUT2D eigenvalue weighted by Gasteiger charge is 2.33. The molecule has 0 saturated carbocycles. The Labute approximate surface area is 152 Å². The first-order valence-electron chi connectivity index (χ1n) is 9.09. The van der Waals surface area contributed by atoms with Gasteiger partial charge in [0.15, 0.2) is 0 Å². The molecule has 2 nitrogen and oxygen atoms in total. The molecule has 0 N–H and O–H groups in total. The lowest BCUT2D eigenvalue weighted by Crippen LogP contribution is -2.26. The van der Waals surface area contributed by atoms with E-state index in [1.165, 1.54) is 17.7 Å². The van der Waals surface area contributed by atoms with E-state index in [1.807, 2.05) is 0 Å². The molecule has 0 radical (unpaired) electrons. The van der Waals surface area contributed by atoms with Gasteiger partial charge in [0.05, 0.1) is 17.6 Å². The molecule has 26 heavy (non-hydrogen) atoms. The van der Waals surface area contributed by atoms with Crippen molar-refractivity contribution in [1.82, 2.24) is 0 Å². The largest absolute Gasteiger partial charge is 0.416 e. The molecule has 1 aliphatic heterocycles. The van der Waals surface area contributed by atoms with Crippen molar-refractivity contribution in [2.45, 2.75) is 58.3 Å². The minimum Gasteiger partial charge on any atom is -0.186 e. The highest BCUT2D eigenvalue weighted by Crippen LogP contribution is 2.42. The second-order valence-corrected chi connectivity index (χ2v) is 8.01. The smallest absolute Gasteiger partial charge is 0.186 e. The van der Waals surface area contributed by atoms with Crippen molar-refractivity contribution in [3.05, 3.63) is 59.2 Å². The fourth-order valence-corrected chi connectivity index (χ4v) is 3.95. The first kappa shape index (κ1) is 18.9. The average Bonchev–Trinajstić information content (AvgIpc) is 3.02. The first-order chi connectivity index (χ1) is 12.2. The molecular formula is C21H25F3N2. The Kier molecular flexibility index (Phi) is 5.09. The maximum absolute atomic E-state index is 12.9. The van der Waals surface area contributed by atoms with Crippen molar-refractivity contribution in [1.29, 1.82) is 0 Å². The maximum Gasteiger partial charge on any atom is 0.416 e. The highest BCUT2D eigenvalue weighted by atomic mass is 19.4. The number of allylic oxidation sites excluding steroid dienone is 3. The highest BCUT2D eigenvalue weighted by molar-refractivity contribution is 5.29. The molecule has 3 unspecified atom stereocenters. The van der Waals surface area contributed by atoms with Gasteiger partial charge in [-0.2, -0.15) is 23.4 Å². The SMILES string of the molecule is CC1=CCCC(C)(C)C1C=CC1CC(c2cccc(C(F)(F)F)c2)N=N1. The Balaban J connectivity index is 1.69. The van der Waals surface area contributed by atoms with E-state index in [2.05, 4.69) is 49.2 Å². The van der Waals surface area contributed by atoms with Crippen LogP contribution in [0, 0.1) is 11.3 Å². The van der Waals surface area contributed by atoms with E-state index in [1.54, 1.807) is 6.07 Å². The van der Waals surface area contributed by atoms with Gasteiger partial charge in [0.1, 0.15) is 0 Å². The number of benzene rings is 1. The topological polar surface area (TPSA) is 24.7 Å². The van der Waals surface area contributed by atoms with Crippen LogP contribution >= 0.6 is 0 Å². The lowest BCUT2D eigenvalue weighted by molar-refractivity contribution is -0.137. The van der Waals surface area contributed by atoms with E-state index in [4.69, 9.17) is 0 Å². The van der Waals surface area contributed by atoms with Crippen LogP contribution in [0.5, 0.6) is 0 Å². The van der Waals surface area contributed by atoms with Gasteiger partial charge in [0.2, 0.25) is 0 Å². The zero-order valence-electron chi connectivity index (χ0n) is 15.4. The molecule has 3 rings (SSSR count). The molecule has 0 spiro atoms. The van der Waals surface area contributed by atoms with Gasteiger partial charge in [-0.15, -0.1) is 0 Å². The molecule has 1 aromatic rings. The predicted molar refractivity (Wildman–Crippen MR) is 96.8 cm³/mol. The van der Waals surface area contributed by atoms with Gasteiger partial charge in [-0.05, 0) is 42.9 Å². The zero-order chi connectivity index (χ0) is 18.9. The standard InChI is InChI=1S/C21H25F3N2/c1-14-6-5-11-20(2,3)18(14)10-9-17-13-19(26-25-17)15-7-4-8-16(12-15)21(22,23)24/h4,6-10,12,17-19H,5,11,13H2,1-3H3. The number of hydrogen-bond donors (Lipinski definition) is 0. The third-order valence-electron chi connectivity index (χ3n) is 5.53. The van der Waals surface area contributed by atoms with Gasteiger partial charge in [-0.25, -0.2) is 0 Å².